The van der Waals surface area contributed by atoms with Crippen LogP contribution in [0, 0.1) is 0 Å². The largest absolute Gasteiger partial charge is 0.370 e. The van der Waals surface area contributed by atoms with Gasteiger partial charge >= 0.3 is 0 Å². The van der Waals surface area contributed by atoms with E-state index in [0.717, 1.165) is 0 Å². The van der Waals surface area contributed by atoms with Crippen LogP contribution in [0.5, 0.6) is 0 Å². The van der Waals surface area contributed by atoms with Crippen molar-refractivity contribution in [2.24, 2.45) is 0 Å². The summed E-state index contributed by atoms with van der Waals surface area (Å²) in [4.78, 5) is 32.5. The summed E-state index contributed by atoms with van der Waals surface area (Å²) in [7, 11) is 0. The fourth-order valence-electron chi connectivity index (χ4n) is 3.83. The molecule has 2 aliphatic heterocycles. The Morgan fingerprint density at radius 3 is 2.50 bits per heavy atom. The van der Waals surface area contributed by atoms with Gasteiger partial charge in [-0.05, 0) is 26.0 Å². The minimum Gasteiger partial charge on any atom is -0.370 e. The van der Waals surface area contributed by atoms with Gasteiger partial charge in [-0.3, -0.25) is 9.59 Å². The second kappa shape index (κ2) is 8.10. The number of carbonyl (C=O) groups is 2. The number of nitrogens with one attached hydrogen (secondary N) is 2. The zero-order valence-electron chi connectivity index (χ0n) is 16.8. The molecule has 9 nitrogen and oxygen atoms in total. The van der Waals surface area contributed by atoms with E-state index in [1.54, 1.807) is 12.1 Å². The molecule has 0 bridgehead atoms. The number of rotatable bonds is 6. The number of hydrogen-bond donors (Lipinski definition) is 2. The van der Waals surface area contributed by atoms with Gasteiger partial charge in [0.1, 0.15) is 24.1 Å². The maximum atomic E-state index is 12.5. The molecule has 0 spiro atoms. The summed E-state index contributed by atoms with van der Waals surface area (Å²) in [6, 6.07) is 8.97. The summed E-state index contributed by atoms with van der Waals surface area (Å²) >= 11 is 0. The van der Waals surface area contributed by atoms with Crippen LogP contribution in [0.3, 0.4) is 0 Å². The highest BCUT2D eigenvalue weighted by Crippen LogP contribution is 2.43. The van der Waals surface area contributed by atoms with Gasteiger partial charge in [-0.25, -0.2) is 9.97 Å². The lowest BCUT2D eigenvalue weighted by Crippen LogP contribution is -2.52. The summed E-state index contributed by atoms with van der Waals surface area (Å²) < 4.78 is 18.2. The van der Waals surface area contributed by atoms with Crippen LogP contribution in [0.2, 0.25) is 0 Å². The fraction of sp³-hybridized carbons (Fsp3) is 0.429. The van der Waals surface area contributed by atoms with Crippen molar-refractivity contribution < 1.29 is 23.8 Å². The van der Waals surface area contributed by atoms with E-state index in [1.807, 2.05) is 32.0 Å². The van der Waals surface area contributed by atoms with Gasteiger partial charge in [0.15, 0.2) is 5.79 Å². The Bertz CT molecular complexity index is 908. The number of hydrogen-bond acceptors (Lipinski definition) is 7. The SMILES string of the molecule is CC1(C)O[C@@H]2[C@@H](CNC(=O)c3cncnc3)OC[C@]2(CNC(=O)c2ccccc2)O1. The van der Waals surface area contributed by atoms with Gasteiger partial charge in [0, 0.05) is 24.5 Å². The van der Waals surface area contributed by atoms with Crippen LogP contribution in [0.15, 0.2) is 49.1 Å². The Balaban J connectivity index is 1.41. The summed E-state index contributed by atoms with van der Waals surface area (Å²) in [5.41, 5.74) is 0.0939. The van der Waals surface area contributed by atoms with Crippen LogP contribution >= 0.6 is 0 Å². The third-order valence-corrected chi connectivity index (χ3v) is 5.13. The molecule has 30 heavy (non-hydrogen) atoms. The zero-order chi connectivity index (χ0) is 21.2. The Morgan fingerprint density at radius 1 is 1.07 bits per heavy atom. The van der Waals surface area contributed by atoms with E-state index in [9.17, 15) is 9.59 Å². The van der Waals surface area contributed by atoms with Crippen molar-refractivity contribution in [2.45, 2.75) is 37.4 Å². The average Bonchev–Trinajstić information content (AvgIpc) is 3.21. The van der Waals surface area contributed by atoms with Crippen molar-refractivity contribution in [3.8, 4) is 0 Å². The molecule has 1 aromatic carbocycles. The van der Waals surface area contributed by atoms with Gasteiger partial charge in [0.2, 0.25) is 0 Å². The van der Waals surface area contributed by atoms with E-state index < -0.39 is 23.6 Å². The van der Waals surface area contributed by atoms with Crippen molar-refractivity contribution in [2.75, 3.05) is 19.7 Å². The van der Waals surface area contributed by atoms with E-state index in [0.29, 0.717) is 11.1 Å². The first-order valence-electron chi connectivity index (χ1n) is 9.75. The molecule has 2 amide bonds. The molecular formula is C21H24N4O5. The highest BCUT2D eigenvalue weighted by atomic mass is 16.8. The van der Waals surface area contributed by atoms with Crippen LogP contribution in [-0.4, -0.2) is 65.1 Å². The first-order valence-corrected chi connectivity index (χ1v) is 9.75. The van der Waals surface area contributed by atoms with Gasteiger partial charge in [-0.15, -0.1) is 0 Å². The van der Waals surface area contributed by atoms with Crippen LogP contribution < -0.4 is 10.6 Å². The molecule has 2 fully saturated rings. The highest BCUT2D eigenvalue weighted by Gasteiger charge is 2.61. The van der Waals surface area contributed by atoms with E-state index in [2.05, 4.69) is 20.6 Å². The van der Waals surface area contributed by atoms with Crippen LogP contribution in [-0.2, 0) is 14.2 Å². The van der Waals surface area contributed by atoms with Crippen molar-refractivity contribution >= 4 is 11.8 Å². The molecule has 9 heteroatoms. The summed E-state index contributed by atoms with van der Waals surface area (Å²) in [6.45, 7) is 4.34. The molecule has 0 radical (unpaired) electrons. The number of fused-ring (bicyclic) bond motifs is 1. The molecule has 0 aliphatic carbocycles. The molecular weight excluding hydrogens is 388 g/mol. The second-order valence-corrected chi connectivity index (χ2v) is 7.84. The number of benzene rings is 1. The molecule has 2 N–H and O–H groups in total. The molecule has 2 aromatic rings. The molecule has 4 rings (SSSR count). The van der Waals surface area contributed by atoms with E-state index >= 15 is 0 Å². The molecule has 3 atom stereocenters. The minimum absolute atomic E-state index is 0.196. The minimum atomic E-state index is -0.834. The summed E-state index contributed by atoms with van der Waals surface area (Å²) in [5, 5.41) is 5.75. The van der Waals surface area contributed by atoms with Gasteiger partial charge in [-0.1, -0.05) is 18.2 Å². The van der Waals surface area contributed by atoms with E-state index in [1.165, 1.54) is 18.7 Å². The number of ether oxygens (including phenoxy) is 3. The normalized spacial score (nSPS) is 26.7. The lowest BCUT2D eigenvalue weighted by molar-refractivity contribution is -0.188. The molecule has 1 aromatic heterocycles. The van der Waals surface area contributed by atoms with Crippen LogP contribution in [0.25, 0.3) is 0 Å². The molecule has 3 heterocycles. The maximum absolute atomic E-state index is 12.5. The third-order valence-electron chi connectivity index (χ3n) is 5.13. The van der Waals surface area contributed by atoms with Gasteiger partial charge in [0.05, 0.1) is 18.7 Å². The highest BCUT2D eigenvalue weighted by molar-refractivity contribution is 5.94. The Hall–Kier alpha value is -2.88. The quantitative estimate of drug-likeness (QED) is 0.726. The Labute approximate surface area is 174 Å². The Kier molecular flexibility index (Phi) is 5.50. The standard InChI is InChI=1S/C21H24N4O5/c1-20(2)29-17-16(10-24-19(27)15-8-22-13-23-9-15)28-12-21(17,30-20)11-25-18(26)14-6-4-3-5-7-14/h3-9,13,16-17H,10-12H2,1-2H3,(H,24,27)(H,25,26)/t16-,17-,21+/m1/s1. The summed E-state index contributed by atoms with van der Waals surface area (Å²) in [6.07, 6.45) is 3.38. The molecule has 2 aliphatic rings. The number of nitrogens with zero attached hydrogens (tertiary/aromatic N) is 2. The number of amides is 2. The molecule has 0 unspecified atom stereocenters. The monoisotopic (exact) mass is 412 g/mol. The fourth-order valence-corrected chi connectivity index (χ4v) is 3.83. The number of carbonyl (C=O) groups excluding carboxylic acids is 2. The second-order valence-electron chi connectivity index (χ2n) is 7.84. The van der Waals surface area contributed by atoms with Crippen molar-refractivity contribution in [3.63, 3.8) is 0 Å². The van der Waals surface area contributed by atoms with Crippen molar-refractivity contribution in [1.82, 2.24) is 20.6 Å². The summed E-state index contributed by atoms with van der Waals surface area (Å²) in [5.74, 6) is -1.33. The lowest BCUT2D eigenvalue weighted by Gasteiger charge is -2.27. The van der Waals surface area contributed by atoms with Crippen LogP contribution in [0.4, 0.5) is 0 Å². The van der Waals surface area contributed by atoms with Crippen LogP contribution in [0.1, 0.15) is 34.6 Å². The molecule has 158 valence electrons. The first kappa shape index (κ1) is 20.4. The zero-order valence-corrected chi connectivity index (χ0v) is 16.8. The van der Waals surface area contributed by atoms with Crippen molar-refractivity contribution in [3.05, 3.63) is 60.2 Å². The van der Waals surface area contributed by atoms with Crippen molar-refractivity contribution in [1.29, 1.82) is 0 Å². The predicted octanol–water partition coefficient (Wildman–Crippen LogP) is 0.925. The Morgan fingerprint density at radius 2 is 1.77 bits per heavy atom. The van der Waals surface area contributed by atoms with E-state index in [-0.39, 0.29) is 31.5 Å². The predicted molar refractivity (Wildman–Crippen MR) is 106 cm³/mol. The van der Waals surface area contributed by atoms with E-state index in [4.69, 9.17) is 14.2 Å². The van der Waals surface area contributed by atoms with Gasteiger partial charge < -0.3 is 24.8 Å². The molecule has 0 saturated carbocycles. The lowest BCUT2D eigenvalue weighted by atomic mass is 9.96. The topological polar surface area (TPSA) is 112 Å². The smallest absolute Gasteiger partial charge is 0.254 e. The first-order chi connectivity index (χ1) is 14.4. The van der Waals surface area contributed by atoms with Gasteiger partial charge in [-0.2, -0.15) is 0 Å². The number of aromatic nitrogens is 2. The third kappa shape index (κ3) is 4.18. The van der Waals surface area contributed by atoms with Gasteiger partial charge in [0.25, 0.3) is 11.8 Å². The maximum Gasteiger partial charge on any atom is 0.254 e. The average molecular weight is 412 g/mol. The molecule has 2 saturated heterocycles.